The molecule has 7 nitrogen and oxygen atoms in total. The summed E-state index contributed by atoms with van der Waals surface area (Å²) in [5.74, 6) is 0.959. The van der Waals surface area contributed by atoms with Crippen LogP contribution in [0.25, 0.3) is 0 Å². The van der Waals surface area contributed by atoms with Crippen LogP contribution in [0.2, 0.25) is 0 Å². The second kappa shape index (κ2) is 11.2. The highest BCUT2D eigenvalue weighted by Gasteiger charge is 2.21. The average Bonchev–Trinajstić information content (AvgIpc) is 3.21. The topological polar surface area (TPSA) is 78.0 Å². The first-order valence-electron chi connectivity index (χ1n) is 10.3. The van der Waals surface area contributed by atoms with Gasteiger partial charge < -0.3 is 25.6 Å². The number of amides is 1. The molecule has 1 saturated heterocycles. The Labute approximate surface area is 178 Å². The number of aliphatic imine (C=N–C) groups is 1. The van der Waals surface area contributed by atoms with E-state index in [-0.39, 0.29) is 5.91 Å². The van der Waals surface area contributed by atoms with Crippen LogP contribution >= 0.6 is 0 Å². The SMILES string of the molecule is CN=C(NCc1ccc(NCCOC)cc1)NCc1ccc(N2CCCC2=O)cc1. The number of carbonyl (C=O) groups excluding carboxylic acids is 1. The normalized spacial score (nSPS) is 14.1. The van der Waals surface area contributed by atoms with Crippen molar-refractivity contribution in [1.29, 1.82) is 0 Å². The van der Waals surface area contributed by atoms with E-state index in [1.807, 2.05) is 17.0 Å². The third-order valence-electron chi connectivity index (χ3n) is 5.05. The van der Waals surface area contributed by atoms with Gasteiger partial charge in [-0.2, -0.15) is 0 Å². The summed E-state index contributed by atoms with van der Waals surface area (Å²) in [6.45, 7) is 3.64. The molecule has 3 rings (SSSR count). The molecule has 0 saturated carbocycles. The average molecular weight is 410 g/mol. The van der Waals surface area contributed by atoms with Gasteiger partial charge in [-0.15, -0.1) is 0 Å². The van der Waals surface area contributed by atoms with E-state index in [1.165, 1.54) is 5.56 Å². The molecule has 3 N–H and O–H groups in total. The first-order valence-corrected chi connectivity index (χ1v) is 10.3. The molecule has 0 spiro atoms. The molecule has 7 heteroatoms. The quantitative estimate of drug-likeness (QED) is 0.337. The predicted octanol–water partition coefficient (Wildman–Crippen LogP) is 2.74. The van der Waals surface area contributed by atoms with E-state index in [4.69, 9.17) is 4.74 Å². The van der Waals surface area contributed by atoms with E-state index in [9.17, 15) is 4.79 Å². The number of nitrogens with zero attached hydrogens (tertiary/aromatic N) is 2. The first kappa shape index (κ1) is 21.6. The molecular formula is C23H31N5O2. The maximum Gasteiger partial charge on any atom is 0.227 e. The van der Waals surface area contributed by atoms with Gasteiger partial charge in [0.1, 0.15) is 0 Å². The number of anilines is 2. The van der Waals surface area contributed by atoms with Crippen molar-refractivity contribution < 1.29 is 9.53 Å². The van der Waals surface area contributed by atoms with Crippen molar-refractivity contribution in [2.45, 2.75) is 25.9 Å². The molecule has 1 fully saturated rings. The molecule has 2 aromatic carbocycles. The summed E-state index contributed by atoms with van der Waals surface area (Å²) in [4.78, 5) is 18.0. The Morgan fingerprint density at radius 2 is 1.67 bits per heavy atom. The van der Waals surface area contributed by atoms with Gasteiger partial charge in [0, 0.05) is 58.1 Å². The maximum atomic E-state index is 11.9. The third-order valence-corrected chi connectivity index (χ3v) is 5.05. The number of nitrogens with one attached hydrogen (secondary N) is 3. The molecule has 0 atom stereocenters. The second-order valence-electron chi connectivity index (χ2n) is 7.21. The van der Waals surface area contributed by atoms with Gasteiger partial charge in [-0.05, 0) is 41.8 Å². The number of hydrogen-bond acceptors (Lipinski definition) is 4. The zero-order valence-corrected chi connectivity index (χ0v) is 17.8. The van der Waals surface area contributed by atoms with Gasteiger partial charge in [0.25, 0.3) is 0 Å². The minimum atomic E-state index is 0.212. The Bertz CT molecular complexity index is 834. The molecule has 0 radical (unpaired) electrons. The van der Waals surface area contributed by atoms with Gasteiger partial charge in [0.2, 0.25) is 5.91 Å². The highest BCUT2D eigenvalue weighted by molar-refractivity contribution is 5.95. The molecule has 1 aliphatic rings. The van der Waals surface area contributed by atoms with E-state index < -0.39 is 0 Å². The lowest BCUT2D eigenvalue weighted by molar-refractivity contribution is -0.117. The fourth-order valence-corrected chi connectivity index (χ4v) is 3.34. The predicted molar refractivity (Wildman–Crippen MR) is 122 cm³/mol. The Hall–Kier alpha value is -3.06. The third kappa shape index (κ3) is 6.22. The van der Waals surface area contributed by atoms with Crippen LogP contribution in [0.5, 0.6) is 0 Å². The number of rotatable bonds is 9. The molecule has 1 amide bonds. The van der Waals surface area contributed by atoms with E-state index in [1.54, 1.807) is 14.2 Å². The van der Waals surface area contributed by atoms with Crippen LogP contribution in [0.1, 0.15) is 24.0 Å². The van der Waals surface area contributed by atoms with Crippen molar-refractivity contribution in [2.75, 3.05) is 44.1 Å². The second-order valence-corrected chi connectivity index (χ2v) is 7.21. The minimum absolute atomic E-state index is 0.212. The number of benzene rings is 2. The van der Waals surface area contributed by atoms with Crippen molar-refractivity contribution in [3.63, 3.8) is 0 Å². The van der Waals surface area contributed by atoms with Crippen LogP contribution in [0, 0.1) is 0 Å². The van der Waals surface area contributed by atoms with Crippen molar-refractivity contribution in [2.24, 2.45) is 4.99 Å². The molecule has 1 heterocycles. The Kier molecular flexibility index (Phi) is 8.09. The summed E-state index contributed by atoms with van der Waals surface area (Å²) in [7, 11) is 3.46. The van der Waals surface area contributed by atoms with Crippen molar-refractivity contribution in [3.05, 3.63) is 59.7 Å². The first-order chi connectivity index (χ1) is 14.7. The summed E-state index contributed by atoms with van der Waals surface area (Å²) in [6.07, 6.45) is 1.59. The van der Waals surface area contributed by atoms with E-state index in [0.29, 0.717) is 26.1 Å². The number of guanidine groups is 1. The smallest absolute Gasteiger partial charge is 0.227 e. The van der Waals surface area contributed by atoms with E-state index in [0.717, 1.165) is 42.4 Å². The van der Waals surface area contributed by atoms with Crippen LogP contribution in [0.3, 0.4) is 0 Å². The lowest BCUT2D eigenvalue weighted by atomic mass is 10.2. The molecular weight excluding hydrogens is 378 g/mol. The number of methoxy groups -OCH3 is 1. The Balaban J connectivity index is 1.44. The fraction of sp³-hybridized carbons (Fsp3) is 0.391. The summed E-state index contributed by atoms with van der Waals surface area (Å²) < 4.78 is 5.04. The van der Waals surface area contributed by atoms with Gasteiger partial charge in [0.15, 0.2) is 5.96 Å². The molecule has 0 aromatic heterocycles. The number of carbonyl (C=O) groups is 1. The molecule has 0 unspecified atom stereocenters. The summed E-state index contributed by atoms with van der Waals surface area (Å²) in [6, 6.07) is 16.4. The van der Waals surface area contributed by atoms with Gasteiger partial charge >= 0.3 is 0 Å². The summed E-state index contributed by atoms with van der Waals surface area (Å²) >= 11 is 0. The van der Waals surface area contributed by atoms with Crippen molar-refractivity contribution in [1.82, 2.24) is 10.6 Å². The fourth-order valence-electron chi connectivity index (χ4n) is 3.34. The van der Waals surface area contributed by atoms with E-state index >= 15 is 0 Å². The zero-order chi connectivity index (χ0) is 21.2. The Morgan fingerprint density at radius 1 is 1.03 bits per heavy atom. The molecule has 2 aromatic rings. The van der Waals surface area contributed by atoms with E-state index in [2.05, 4.69) is 57.3 Å². The van der Waals surface area contributed by atoms with Crippen molar-refractivity contribution >= 4 is 23.2 Å². The van der Waals surface area contributed by atoms with Crippen LogP contribution in [-0.2, 0) is 22.6 Å². The number of hydrogen-bond donors (Lipinski definition) is 3. The summed E-state index contributed by atoms with van der Waals surface area (Å²) in [5.41, 5.74) is 4.37. The molecule has 30 heavy (non-hydrogen) atoms. The summed E-state index contributed by atoms with van der Waals surface area (Å²) in [5, 5.41) is 9.98. The monoisotopic (exact) mass is 409 g/mol. The number of ether oxygens (including phenoxy) is 1. The largest absolute Gasteiger partial charge is 0.383 e. The maximum absolute atomic E-state index is 11.9. The van der Waals surface area contributed by atoms with Gasteiger partial charge in [0.05, 0.1) is 6.61 Å². The minimum Gasteiger partial charge on any atom is -0.383 e. The molecule has 0 aliphatic carbocycles. The lowest BCUT2D eigenvalue weighted by Crippen LogP contribution is -2.36. The van der Waals surface area contributed by atoms with Gasteiger partial charge in [-0.25, -0.2) is 0 Å². The lowest BCUT2D eigenvalue weighted by Gasteiger charge is -2.16. The highest BCUT2D eigenvalue weighted by Crippen LogP contribution is 2.21. The highest BCUT2D eigenvalue weighted by atomic mass is 16.5. The van der Waals surface area contributed by atoms with Crippen LogP contribution < -0.4 is 20.9 Å². The van der Waals surface area contributed by atoms with Crippen LogP contribution in [0.4, 0.5) is 11.4 Å². The van der Waals surface area contributed by atoms with Gasteiger partial charge in [-0.3, -0.25) is 9.79 Å². The standard InChI is InChI=1S/C23H31N5O2/c1-24-23(26-16-18-5-9-20(10-6-18)25-13-15-30-2)27-17-19-7-11-21(12-8-19)28-14-3-4-22(28)29/h5-12,25H,3-4,13-17H2,1-2H3,(H2,24,26,27). The molecule has 0 bridgehead atoms. The van der Waals surface area contributed by atoms with Crippen LogP contribution in [-0.4, -0.2) is 45.7 Å². The van der Waals surface area contributed by atoms with Crippen molar-refractivity contribution in [3.8, 4) is 0 Å². The Morgan fingerprint density at radius 3 is 2.20 bits per heavy atom. The molecule has 1 aliphatic heterocycles. The van der Waals surface area contributed by atoms with Gasteiger partial charge in [-0.1, -0.05) is 24.3 Å². The zero-order valence-electron chi connectivity index (χ0n) is 17.8. The van der Waals surface area contributed by atoms with Crippen LogP contribution in [0.15, 0.2) is 53.5 Å². The molecule has 160 valence electrons.